The first-order valence-electron chi connectivity index (χ1n) is 4.21. The molecule has 0 saturated carbocycles. The Hall–Kier alpha value is -0.970. The lowest BCUT2D eigenvalue weighted by atomic mass is 10.4. The van der Waals surface area contributed by atoms with Crippen LogP contribution in [-0.2, 0) is 4.79 Å². The Kier molecular flexibility index (Phi) is 30.4. The van der Waals surface area contributed by atoms with Gasteiger partial charge in [0.1, 0.15) is 12.4 Å². The number of rotatable bonds is 4. The topological polar surface area (TPSA) is 77.8 Å². The lowest BCUT2D eigenvalue weighted by Crippen LogP contribution is -2.15. The average molecular weight is 204 g/mol. The Morgan fingerprint density at radius 2 is 1.57 bits per heavy atom. The van der Waals surface area contributed by atoms with E-state index < -0.39 is 6.10 Å². The third-order valence-electron chi connectivity index (χ3n) is 0.806. The Bertz CT molecular complexity index is 113. The molecule has 0 aliphatic rings. The van der Waals surface area contributed by atoms with Crippen LogP contribution in [0.4, 0.5) is 0 Å². The molecule has 0 fully saturated rings. The molecule has 0 heterocycles. The molecule has 14 heavy (non-hydrogen) atoms. The summed E-state index contributed by atoms with van der Waals surface area (Å²) in [5.74, 6) is 0. The molecular weight excluding hydrogens is 184 g/mol. The minimum absolute atomic E-state index is 0.365. The molecule has 0 unspecified atom stereocenters. The molecule has 3 N–H and O–H groups in total. The molecule has 0 saturated heterocycles. The van der Waals surface area contributed by atoms with E-state index in [1.54, 1.807) is 0 Å². The summed E-state index contributed by atoms with van der Waals surface area (Å²) >= 11 is 0. The van der Waals surface area contributed by atoms with Gasteiger partial charge in [-0.1, -0.05) is 19.6 Å². The molecule has 0 spiro atoms. The maximum atomic E-state index is 9.06. The Balaban J connectivity index is -0.000000135. The van der Waals surface area contributed by atoms with Crippen molar-refractivity contribution >= 4 is 6.29 Å². The highest BCUT2D eigenvalue weighted by atomic mass is 16.3. The van der Waals surface area contributed by atoms with Crippen molar-refractivity contribution in [1.29, 1.82) is 0 Å². The lowest BCUT2D eigenvalue weighted by Gasteiger charge is -1.96. The summed E-state index contributed by atoms with van der Waals surface area (Å²) in [5, 5.41) is 24.0. The van der Waals surface area contributed by atoms with Crippen molar-refractivity contribution in [3.05, 3.63) is 25.3 Å². The van der Waals surface area contributed by atoms with Crippen LogP contribution in [0.1, 0.15) is 13.3 Å². The van der Waals surface area contributed by atoms with E-state index in [2.05, 4.69) is 20.1 Å². The highest BCUT2D eigenvalue weighted by molar-refractivity contribution is 5.63. The van der Waals surface area contributed by atoms with Crippen LogP contribution in [0.25, 0.3) is 0 Å². The van der Waals surface area contributed by atoms with E-state index in [4.69, 9.17) is 20.1 Å². The van der Waals surface area contributed by atoms with Gasteiger partial charge in [-0.25, -0.2) is 0 Å². The minimum Gasteiger partial charge on any atom is -0.394 e. The van der Waals surface area contributed by atoms with Crippen LogP contribution >= 0.6 is 0 Å². The number of allylic oxidation sites excluding steroid dienone is 2. The fourth-order valence-electron chi connectivity index (χ4n) is 0.0577. The van der Waals surface area contributed by atoms with E-state index >= 15 is 0 Å². The number of hydrogen-bond acceptors (Lipinski definition) is 4. The predicted molar refractivity (Wildman–Crippen MR) is 56.9 cm³/mol. The molecule has 0 bridgehead atoms. The summed E-state index contributed by atoms with van der Waals surface area (Å²) < 4.78 is 0. The third-order valence-corrected chi connectivity index (χ3v) is 0.806. The number of carbonyl (C=O) groups excluding carboxylic acids is 1. The fraction of sp³-hybridized carbons (Fsp3) is 0.500. The number of carbonyl (C=O) groups is 1. The second-order valence-corrected chi connectivity index (χ2v) is 2.09. The highest BCUT2D eigenvalue weighted by Crippen LogP contribution is 1.71. The van der Waals surface area contributed by atoms with E-state index in [9.17, 15) is 0 Å². The maximum Gasteiger partial charge on any atom is 0.142 e. The van der Waals surface area contributed by atoms with Crippen LogP contribution in [0.3, 0.4) is 0 Å². The molecule has 0 aromatic heterocycles. The second kappa shape index (κ2) is 22.7. The van der Waals surface area contributed by atoms with E-state index in [-0.39, 0.29) is 13.2 Å². The van der Waals surface area contributed by atoms with Gasteiger partial charge in [0, 0.05) is 0 Å². The first-order valence-corrected chi connectivity index (χ1v) is 4.21. The van der Waals surface area contributed by atoms with E-state index in [0.717, 1.165) is 6.42 Å². The Morgan fingerprint density at radius 1 is 1.29 bits per heavy atom. The quantitative estimate of drug-likeness (QED) is 0.349. The van der Waals surface area contributed by atoms with Crippen LogP contribution in [0.5, 0.6) is 0 Å². The molecule has 0 atom stereocenters. The first kappa shape index (κ1) is 18.7. The Labute approximate surface area is 85.2 Å². The van der Waals surface area contributed by atoms with Gasteiger partial charge >= 0.3 is 0 Å². The summed E-state index contributed by atoms with van der Waals surface area (Å²) in [6.45, 7) is 7.92. The Morgan fingerprint density at radius 3 is 1.57 bits per heavy atom. The van der Waals surface area contributed by atoms with Crippen molar-refractivity contribution in [2.24, 2.45) is 0 Å². The van der Waals surface area contributed by atoms with E-state index in [1.165, 1.54) is 6.08 Å². The summed E-state index contributed by atoms with van der Waals surface area (Å²) in [5.41, 5.74) is 0. The highest BCUT2D eigenvalue weighted by Gasteiger charge is 1.93. The monoisotopic (exact) mass is 204 g/mol. The summed E-state index contributed by atoms with van der Waals surface area (Å²) in [6, 6.07) is 0. The van der Waals surface area contributed by atoms with Crippen LogP contribution in [-0.4, -0.2) is 40.9 Å². The SMILES string of the molecule is C=CC=O.C=CCC.OCC(O)CO. The van der Waals surface area contributed by atoms with Gasteiger partial charge in [0.15, 0.2) is 0 Å². The first-order chi connectivity index (χ1) is 6.64. The molecule has 84 valence electrons. The van der Waals surface area contributed by atoms with Crippen molar-refractivity contribution in [3.8, 4) is 0 Å². The zero-order valence-corrected chi connectivity index (χ0v) is 8.59. The maximum absolute atomic E-state index is 9.06. The number of aldehydes is 1. The van der Waals surface area contributed by atoms with Gasteiger partial charge in [0.2, 0.25) is 0 Å². The molecule has 0 aliphatic carbocycles. The molecular formula is C10H20O4. The molecule has 4 heteroatoms. The lowest BCUT2D eigenvalue weighted by molar-refractivity contribution is -0.104. The van der Waals surface area contributed by atoms with Gasteiger partial charge in [-0.2, -0.15) is 0 Å². The van der Waals surface area contributed by atoms with Crippen LogP contribution in [0.2, 0.25) is 0 Å². The van der Waals surface area contributed by atoms with Crippen molar-refractivity contribution in [1.82, 2.24) is 0 Å². The zero-order chi connectivity index (χ0) is 11.8. The van der Waals surface area contributed by atoms with E-state index in [0.29, 0.717) is 6.29 Å². The third kappa shape index (κ3) is 43.9. The minimum atomic E-state index is -0.954. The van der Waals surface area contributed by atoms with E-state index in [1.807, 2.05) is 6.08 Å². The van der Waals surface area contributed by atoms with Crippen molar-refractivity contribution < 1.29 is 20.1 Å². The van der Waals surface area contributed by atoms with Crippen LogP contribution in [0.15, 0.2) is 25.3 Å². The molecule has 4 nitrogen and oxygen atoms in total. The summed E-state index contributed by atoms with van der Waals surface area (Å²) in [7, 11) is 0. The largest absolute Gasteiger partial charge is 0.394 e. The molecule has 0 aromatic rings. The predicted octanol–water partition coefficient (Wildman–Crippen LogP) is 0.286. The second-order valence-electron chi connectivity index (χ2n) is 2.09. The molecule has 0 rings (SSSR count). The van der Waals surface area contributed by atoms with Gasteiger partial charge in [0.25, 0.3) is 0 Å². The zero-order valence-electron chi connectivity index (χ0n) is 8.59. The van der Waals surface area contributed by atoms with Crippen molar-refractivity contribution in [2.75, 3.05) is 13.2 Å². The summed E-state index contributed by atoms with van der Waals surface area (Å²) in [6.07, 6.45) is 3.84. The normalized spacial score (nSPS) is 7.50. The van der Waals surface area contributed by atoms with Gasteiger partial charge < -0.3 is 15.3 Å². The standard InChI is InChI=1S/C4H8.C3H8O3.C3H4O/c1-3-4-2;4-1-3(6)2-5;1-2-3-4/h3H,1,4H2,2H3;3-6H,1-2H2;2-3H,1H2. The molecule has 0 radical (unpaired) electrons. The number of hydrogen-bond donors (Lipinski definition) is 3. The fourth-order valence-corrected chi connectivity index (χ4v) is 0.0577. The van der Waals surface area contributed by atoms with Gasteiger partial charge in [-0.15, -0.1) is 6.58 Å². The van der Waals surface area contributed by atoms with Crippen LogP contribution < -0.4 is 0 Å². The number of aliphatic hydroxyl groups excluding tert-OH is 3. The smallest absolute Gasteiger partial charge is 0.142 e. The van der Waals surface area contributed by atoms with Crippen molar-refractivity contribution in [3.63, 3.8) is 0 Å². The van der Waals surface area contributed by atoms with Crippen molar-refractivity contribution in [2.45, 2.75) is 19.4 Å². The van der Waals surface area contributed by atoms with Gasteiger partial charge in [0.05, 0.1) is 13.2 Å². The van der Waals surface area contributed by atoms with Gasteiger partial charge in [-0.05, 0) is 12.5 Å². The summed E-state index contributed by atoms with van der Waals surface area (Å²) in [4.78, 5) is 9.06. The van der Waals surface area contributed by atoms with Gasteiger partial charge in [-0.3, -0.25) is 4.79 Å². The molecule has 0 aliphatic heterocycles. The van der Waals surface area contributed by atoms with Crippen LogP contribution in [0, 0.1) is 0 Å². The average Bonchev–Trinajstić information content (AvgIpc) is 2.28. The molecule has 0 amide bonds. The number of aliphatic hydroxyl groups is 3. The molecule has 0 aromatic carbocycles.